The lowest BCUT2D eigenvalue weighted by Gasteiger charge is -2.23. The van der Waals surface area contributed by atoms with Gasteiger partial charge in [-0.15, -0.1) is 0 Å². The van der Waals surface area contributed by atoms with Gasteiger partial charge in [-0.25, -0.2) is 0 Å². The minimum atomic E-state index is -0.648. The van der Waals surface area contributed by atoms with Crippen molar-refractivity contribution in [2.75, 3.05) is 0 Å². The van der Waals surface area contributed by atoms with Crippen LogP contribution in [0.4, 0.5) is 0 Å². The lowest BCUT2D eigenvalue weighted by atomic mass is 9.88. The Labute approximate surface area is 138 Å². The molecule has 122 valence electrons. The predicted octanol–water partition coefficient (Wildman–Crippen LogP) is 3.71. The summed E-state index contributed by atoms with van der Waals surface area (Å²) in [6, 6.07) is 7.79. The van der Waals surface area contributed by atoms with Gasteiger partial charge < -0.3 is 9.47 Å². The van der Waals surface area contributed by atoms with E-state index in [0.29, 0.717) is 38.0 Å². The van der Waals surface area contributed by atoms with Crippen LogP contribution < -0.4 is 4.74 Å². The van der Waals surface area contributed by atoms with E-state index in [0.717, 1.165) is 10.1 Å². The first kappa shape index (κ1) is 15.9. The predicted molar refractivity (Wildman–Crippen MR) is 87.4 cm³/mol. The molecule has 0 amide bonds. The third kappa shape index (κ3) is 3.69. The fraction of sp³-hybridized carbons (Fsp3) is 0.471. The summed E-state index contributed by atoms with van der Waals surface area (Å²) in [5.74, 6) is 0.261. The number of ether oxygens (including phenoxy) is 2. The van der Waals surface area contributed by atoms with Crippen molar-refractivity contribution in [3.8, 4) is 5.88 Å². The van der Waals surface area contributed by atoms with Crippen molar-refractivity contribution in [2.24, 2.45) is 5.92 Å². The molecule has 1 aromatic heterocycles. The fourth-order valence-corrected chi connectivity index (χ4v) is 3.38. The zero-order chi connectivity index (χ0) is 16.2. The van der Waals surface area contributed by atoms with Crippen LogP contribution in [-0.2, 0) is 14.3 Å². The van der Waals surface area contributed by atoms with Crippen molar-refractivity contribution in [3.05, 3.63) is 24.3 Å². The topological polar surface area (TPSA) is 65.5 Å². The van der Waals surface area contributed by atoms with Gasteiger partial charge in [0, 0.05) is 19.3 Å². The van der Waals surface area contributed by atoms with Crippen molar-refractivity contribution in [1.82, 2.24) is 4.37 Å². The Balaban J connectivity index is 1.63. The van der Waals surface area contributed by atoms with Gasteiger partial charge in [0.1, 0.15) is 5.78 Å². The van der Waals surface area contributed by atoms with Crippen molar-refractivity contribution in [2.45, 2.75) is 45.3 Å². The van der Waals surface area contributed by atoms with Crippen molar-refractivity contribution >= 4 is 33.4 Å². The van der Waals surface area contributed by atoms with E-state index in [-0.39, 0.29) is 17.7 Å². The van der Waals surface area contributed by atoms with Crippen LogP contribution in [0.25, 0.3) is 10.1 Å². The Bertz CT molecular complexity index is 701. The number of aromatic nitrogens is 1. The smallest absolute Gasteiger partial charge is 0.312 e. The van der Waals surface area contributed by atoms with Crippen molar-refractivity contribution < 1.29 is 19.1 Å². The maximum absolute atomic E-state index is 12.2. The third-order valence-corrected chi connectivity index (χ3v) is 4.85. The van der Waals surface area contributed by atoms with Gasteiger partial charge in [0.15, 0.2) is 0 Å². The SMILES string of the molecule is CCC(OC(=O)C1CCC(=O)CC1)Oc1nsc2ccccc12. The highest BCUT2D eigenvalue weighted by Crippen LogP contribution is 2.30. The summed E-state index contributed by atoms with van der Waals surface area (Å²) < 4.78 is 16.6. The Morgan fingerprint density at radius 3 is 2.83 bits per heavy atom. The normalized spacial score (nSPS) is 17.2. The van der Waals surface area contributed by atoms with E-state index >= 15 is 0 Å². The molecule has 0 radical (unpaired) electrons. The second-order valence-corrected chi connectivity index (χ2v) is 6.49. The van der Waals surface area contributed by atoms with Gasteiger partial charge in [0.05, 0.1) is 16.0 Å². The first-order valence-electron chi connectivity index (χ1n) is 7.90. The average molecular weight is 333 g/mol. The number of rotatable bonds is 5. The van der Waals surface area contributed by atoms with Crippen LogP contribution in [-0.4, -0.2) is 22.4 Å². The minimum Gasteiger partial charge on any atom is -0.436 e. The number of nitrogens with zero attached hydrogens (tertiary/aromatic N) is 1. The summed E-state index contributed by atoms with van der Waals surface area (Å²) >= 11 is 1.36. The molecule has 1 atom stereocenters. The molecule has 1 saturated carbocycles. The van der Waals surface area contributed by atoms with Crippen LogP contribution >= 0.6 is 11.5 Å². The molecule has 1 aromatic carbocycles. The average Bonchev–Trinajstić information content (AvgIpc) is 2.98. The van der Waals surface area contributed by atoms with Gasteiger partial charge in [-0.3, -0.25) is 9.59 Å². The number of Topliss-reactive ketones (excluding diaryl/α,β-unsaturated/α-hetero) is 1. The van der Waals surface area contributed by atoms with E-state index in [9.17, 15) is 9.59 Å². The zero-order valence-corrected chi connectivity index (χ0v) is 13.8. The molecule has 0 aliphatic heterocycles. The number of benzene rings is 1. The molecular formula is C17H19NO4S. The molecule has 5 nitrogen and oxygen atoms in total. The van der Waals surface area contributed by atoms with Gasteiger partial charge in [-0.1, -0.05) is 19.1 Å². The van der Waals surface area contributed by atoms with Gasteiger partial charge in [-0.2, -0.15) is 4.37 Å². The Hall–Kier alpha value is -1.95. The van der Waals surface area contributed by atoms with Crippen LogP contribution in [0.3, 0.4) is 0 Å². The molecule has 6 heteroatoms. The number of carbonyl (C=O) groups is 2. The monoisotopic (exact) mass is 333 g/mol. The molecule has 0 spiro atoms. The van der Waals surface area contributed by atoms with Crippen LogP contribution in [0.15, 0.2) is 24.3 Å². The molecule has 1 unspecified atom stereocenters. The Morgan fingerprint density at radius 1 is 1.35 bits per heavy atom. The molecule has 23 heavy (non-hydrogen) atoms. The van der Waals surface area contributed by atoms with Gasteiger partial charge in [-0.05, 0) is 36.5 Å². The summed E-state index contributed by atoms with van der Waals surface area (Å²) in [5.41, 5.74) is 0. The summed E-state index contributed by atoms with van der Waals surface area (Å²) in [7, 11) is 0. The second kappa shape index (κ2) is 7.08. The van der Waals surface area contributed by atoms with E-state index in [1.165, 1.54) is 11.5 Å². The number of esters is 1. The standard InChI is InChI=1S/C17H19NO4S/c1-2-15(22-17(20)11-7-9-12(19)10-8-11)21-16-13-5-3-4-6-14(13)23-18-16/h3-6,11,15H,2,7-10H2,1H3. The minimum absolute atomic E-state index is 0.197. The van der Waals surface area contributed by atoms with Gasteiger partial charge in [0.2, 0.25) is 12.2 Å². The van der Waals surface area contributed by atoms with E-state index in [2.05, 4.69) is 4.37 Å². The zero-order valence-electron chi connectivity index (χ0n) is 13.0. The molecule has 0 bridgehead atoms. The van der Waals surface area contributed by atoms with Gasteiger partial charge in [0.25, 0.3) is 0 Å². The lowest BCUT2D eigenvalue weighted by molar-refractivity contribution is -0.170. The van der Waals surface area contributed by atoms with E-state index in [1.807, 2.05) is 31.2 Å². The van der Waals surface area contributed by atoms with Gasteiger partial charge >= 0.3 is 5.97 Å². The van der Waals surface area contributed by atoms with E-state index in [4.69, 9.17) is 9.47 Å². The number of fused-ring (bicyclic) bond motifs is 1. The maximum atomic E-state index is 12.2. The first-order chi connectivity index (χ1) is 11.2. The van der Waals surface area contributed by atoms with Crippen LogP contribution in [0.1, 0.15) is 39.0 Å². The third-order valence-electron chi connectivity index (χ3n) is 4.04. The number of carbonyl (C=O) groups excluding carboxylic acids is 2. The Morgan fingerprint density at radius 2 is 2.09 bits per heavy atom. The number of ketones is 1. The highest BCUT2D eigenvalue weighted by molar-refractivity contribution is 7.13. The fourth-order valence-electron chi connectivity index (χ4n) is 2.66. The highest BCUT2D eigenvalue weighted by atomic mass is 32.1. The summed E-state index contributed by atoms with van der Waals surface area (Å²) in [6.07, 6.45) is 1.98. The molecule has 1 aliphatic rings. The molecular weight excluding hydrogens is 314 g/mol. The molecule has 1 heterocycles. The highest BCUT2D eigenvalue weighted by Gasteiger charge is 2.28. The quantitative estimate of drug-likeness (QED) is 0.616. The lowest BCUT2D eigenvalue weighted by Crippen LogP contribution is -2.30. The van der Waals surface area contributed by atoms with E-state index in [1.54, 1.807) is 0 Å². The molecule has 1 fully saturated rings. The molecule has 1 aliphatic carbocycles. The van der Waals surface area contributed by atoms with Crippen LogP contribution in [0.2, 0.25) is 0 Å². The summed E-state index contributed by atoms with van der Waals surface area (Å²) in [6.45, 7) is 1.90. The number of hydrogen-bond donors (Lipinski definition) is 0. The van der Waals surface area contributed by atoms with Crippen LogP contribution in [0.5, 0.6) is 5.88 Å². The van der Waals surface area contributed by atoms with Crippen molar-refractivity contribution in [3.63, 3.8) is 0 Å². The molecule has 0 N–H and O–H groups in total. The Kier molecular flexibility index (Phi) is 4.91. The largest absolute Gasteiger partial charge is 0.436 e. The first-order valence-corrected chi connectivity index (χ1v) is 8.68. The second-order valence-electron chi connectivity index (χ2n) is 5.69. The summed E-state index contributed by atoms with van der Waals surface area (Å²) in [5, 5.41) is 0.926. The van der Waals surface area contributed by atoms with Crippen LogP contribution in [0, 0.1) is 5.92 Å². The van der Waals surface area contributed by atoms with Crippen molar-refractivity contribution in [1.29, 1.82) is 0 Å². The number of hydrogen-bond acceptors (Lipinski definition) is 6. The summed E-state index contributed by atoms with van der Waals surface area (Å²) in [4.78, 5) is 23.5. The van der Waals surface area contributed by atoms with E-state index < -0.39 is 6.29 Å². The molecule has 3 rings (SSSR count). The molecule has 0 saturated heterocycles. The molecule has 2 aromatic rings. The maximum Gasteiger partial charge on any atom is 0.312 e.